The molecule has 0 saturated carbocycles. The molecule has 2 heterocycles. The zero-order valence-corrected chi connectivity index (χ0v) is 16.2. The molecular weight excluding hydrogens is 342 g/mol. The molecule has 3 rings (SSSR count). The molecule has 6 nitrogen and oxygen atoms in total. The van der Waals surface area contributed by atoms with E-state index in [9.17, 15) is 4.79 Å². The number of aryl methyl sites for hydroxylation is 1. The molecule has 1 aromatic carbocycles. The fourth-order valence-corrected chi connectivity index (χ4v) is 3.46. The number of nitrogens with zero attached hydrogens (tertiary/aromatic N) is 2. The van der Waals surface area contributed by atoms with E-state index in [1.807, 2.05) is 50.5 Å². The fourth-order valence-electron chi connectivity index (χ4n) is 3.46. The minimum atomic E-state index is 0.0339. The summed E-state index contributed by atoms with van der Waals surface area (Å²) in [5.74, 6) is 0.865. The highest BCUT2D eigenvalue weighted by molar-refractivity contribution is 5.78. The lowest BCUT2D eigenvalue weighted by atomic mass is 10.1. The van der Waals surface area contributed by atoms with E-state index >= 15 is 0 Å². The number of hydrogen-bond donors (Lipinski definition) is 1. The number of carbonyl (C=O) groups is 1. The topological polar surface area (TPSA) is 55.7 Å². The molecule has 0 aliphatic carbocycles. The molecule has 1 fully saturated rings. The average molecular weight is 371 g/mol. The van der Waals surface area contributed by atoms with Crippen LogP contribution in [0.5, 0.6) is 5.75 Å². The van der Waals surface area contributed by atoms with E-state index in [1.54, 1.807) is 0 Å². The fraction of sp³-hybridized carbons (Fsp3) is 0.476. The van der Waals surface area contributed by atoms with Gasteiger partial charge in [-0.15, -0.1) is 0 Å². The largest absolute Gasteiger partial charge is 0.494 e. The Bertz CT molecular complexity index is 721. The van der Waals surface area contributed by atoms with Gasteiger partial charge in [0, 0.05) is 38.6 Å². The smallest absolute Gasteiger partial charge is 0.224 e. The van der Waals surface area contributed by atoms with Crippen LogP contribution in [0.3, 0.4) is 0 Å². The van der Waals surface area contributed by atoms with Crippen LogP contribution in [0.2, 0.25) is 0 Å². The Balaban J connectivity index is 1.59. The maximum absolute atomic E-state index is 12.5. The van der Waals surface area contributed by atoms with Crippen molar-refractivity contribution in [2.45, 2.75) is 19.4 Å². The van der Waals surface area contributed by atoms with Crippen LogP contribution in [0, 0.1) is 0 Å². The van der Waals surface area contributed by atoms with Gasteiger partial charge in [-0.25, -0.2) is 0 Å². The quantitative estimate of drug-likeness (QED) is 0.773. The van der Waals surface area contributed by atoms with E-state index in [0.717, 1.165) is 37.6 Å². The summed E-state index contributed by atoms with van der Waals surface area (Å²) < 4.78 is 13.1. The second kappa shape index (κ2) is 9.58. The molecular formula is C21H29N3O3. The maximum Gasteiger partial charge on any atom is 0.224 e. The minimum Gasteiger partial charge on any atom is -0.494 e. The van der Waals surface area contributed by atoms with Crippen molar-refractivity contribution in [3.63, 3.8) is 0 Å². The van der Waals surface area contributed by atoms with Gasteiger partial charge in [-0.05, 0) is 36.8 Å². The summed E-state index contributed by atoms with van der Waals surface area (Å²) in [7, 11) is 2.05. The molecule has 0 spiro atoms. The maximum atomic E-state index is 12.5. The van der Waals surface area contributed by atoms with Crippen LogP contribution < -0.4 is 10.1 Å². The Labute approximate surface area is 161 Å². The number of ether oxygens (including phenoxy) is 2. The molecule has 0 bridgehead atoms. The lowest BCUT2D eigenvalue weighted by Gasteiger charge is -2.35. The highest BCUT2D eigenvalue weighted by Gasteiger charge is 2.24. The molecule has 0 radical (unpaired) electrons. The first kappa shape index (κ1) is 19.5. The number of carbonyl (C=O) groups excluding carboxylic acids is 1. The lowest BCUT2D eigenvalue weighted by Crippen LogP contribution is -2.44. The molecule has 6 heteroatoms. The SMILES string of the molecule is CCOc1ccc(CC(=O)NCC(c2cccn2C)N2CCOCC2)cc1. The van der Waals surface area contributed by atoms with E-state index in [4.69, 9.17) is 9.47 Å². The van der Waals surface area contributed by atoms with Crippen LogP contribution in [0.1, 0.15) is 24.2 Å². The molecule has 1 saturated heterocycles. The summed E-state index contributed by atoms with van der Waals surface area (Å²) in [6, 6.07) is 12.0. The third-order valence-corrected chi connectivity index (χ3v) is 4.90. The monoisotopic (exact) mass is 371 g/mol. The number of hydrogen-bond acceptors (Lipinski definition) is 4. The van der Waals surface area contributed by atoms with E-state index in [2.05, 4.69) is 20.9 Å². The van der Waals surface area contributed by atoms with Gasteiger partial charge in [-0.3, -0.25) is 9.69 Å². The van der Waals surface area contributed by atoms with Gasteiger partial charge < -0.3 is 19.4 Å². The molecule has 1 amide bonds. The van der Waals surface area contributed by atoms with Gasteiger partial charge in [0.1, 0.15) is 5.75 Å². The number of morpholine rings is 1. The van der Waals surface area contributed by atoms with E-state index in [1.165, 1.54) is 5.69 Å². The van der Waals surface area contributed by atoms with Gasteiger partial charge in [-0.2, -0.15) is 0 Å². The summed E-state index contributed by atoms with van der Waals surface area (Å²) >= 11 is 0. The first-order chi connectivity index (χ1) is 13.2. The van der Waals surface area contributed by atoms with E-state index in [-0.39, 0.29) is 11.9 Å². The molecule has 27 heavy (non-hydrogen) atoms. The van der Waals surface area contributed by atoms with Crippen LogP contribution in [0.15, 0.2) is 42.6 Å². The summed E-state index contributed by atoms with van der Waals surface area (Å²) in [4.78, 5) is 14.9. The van der Waals surface area contributed by atoms with Gasteiger partial charge in [0.25, 0.3) is 0 Å². The molecule has 2 aromatic rings. The number of benzene rings is 1. The molecule has 1 aliphatic rings. The summed E-state index contributed by atoms with van der Waals surface area (Å²) in [5.41, 5.74) is 2.19. The van der Waals surface area contributed by atoms with Crippen molar-refractivity contribution in [2.75, 3.05) is 39.5 Å². The van der Waals surface area contributed by atoms with Crippen LogP contribution >= 0.6 is 0 Å². The molecule has 1 N–H and O–H groups in total. The first-order valence-corrected chi connectivity index (χ1v) is 9.59. The molecule has 1 aromatic heterocycles. The van der Waals surface area contributed by atoms with Crippen molar-refractivity contribution in [3.8, 4) is 5.75 Å². The zero-order chi connectivity index (χ0) is 19.1. The second-order valence-electron chi connectivity index (χ2n) is 6.77. The third-order valence-electron chi connectivity index (χ3n) is 4.90. The zero-order valence-electron chi connectivity index (χ0n) is 16.2. The van der Waals surface area contributed by atoms with Crippen LogP contribution in [-0.4, -0.2) is 54.8 Å². The number of nitrogens with one attached hydrogen (secondary N) is 1. The minimum absolute atomic E-state index is 0.0339. The standard InChI is InChI=1S/C21H29N3O3/c1-3-27-18-8-6-17(7-9-18)15-21(25)22-16-20(19-5-4-10-23(19)2)24-11-13-26-14-12-24/h4-10,20H,3,11-16H2,1-2H3,(H,22,25). The van der Waals surface area contributed by atoms with Crippen molar-refractivity contribution in [1.29, 1.82) is 0 Å². The van der Waals surface area contributed by atoms with Crippen molar-refractivity contribution >= 4 is 5.91 Å². The van der Waals surface area contributed by atoms with Crippen molar-refractivity contribution in [1.82, 2.24) is 14.8 Å². The Hall–Kier alpha value is -2.31. The Morgan fingerprint density at radius 3 is 2.59 bits per heavy atom. The van der Waals surface area contributed by atoms with Gasteiger partial charge >= 0.3 is 0 Å². The van der Waals surface area contributed by atoms with Gasteiger partial charge in [0.05, 0.1) is 32.3 Å². The molecule has 146 valence electrons. The van der Waals surface area contributed by atoms with E-state index < -0.39 is 0 Å². The van der Waals surface area contributed by atoms with Gasteiger partial charge in [0.15, 0.2) is 0 Å². The lowest BCUT2D eigenvalue weighted by molar-refractivity contribution is -0.120. The Kier molecular flexibility index (Phi) is 6.90. The van der Waals surface area contributed by atoms with Crippen molar-refractivity contribution in [3.05, 3.63) is 53.9 Å². The van der Waals surface area contributed by atoms with Crippen LogP contribution in [0.25, 0.3) is 0 Å². The highest BCUT2D eigenvalue weighted by atomic mass is 16.5. The van der Waals surface area contributed by atoms with Crippen LogP contribution in [-0.2, 0) is 23.0 Å². The summed E-state index contributed by atoms with van der Waals surface area (Å²) in [5, 5.41) is 3.12. The first-order valence-electron chi connectivity index (χ1n) is 9.59. The normalized spacial score (nSPS) is 16.1. The predicted octanol–water partition coefficient (Wildman–Crippen LogP) is 2.16. The Morgan fingerprint density at radius 1 is 1.22 bits per heavy atom. The van der Waals surface area contributed by atoms with E-state index in [0.29, 0.717) is 19.6 Å². The Morgan fingerprint density at radius 2 is 1.96 bits per heavy atom. The van der Waals surface area contributed by atoms with Crippen LogP contribution in [0.4, 0.5) is 0 Å². The molecule has 1 unspecified atom stereocenters. The highest BCUT2D eigenvalue weighted by Crippen LogP contribution is 2.21. The number of rotatable bonds is 8. The second-order valence-corrected chi connectivity index (χ2v) is 6.77. The van der Waals surface area contributed by atoms with Gasteiger partial charge in [-0.1, -0.05) is 12.1 Å². The van der Waals surface area contributed by atoms with Crippen molar-refractivity contribution < 1.29 is 14.3 Å². The molecule has 1 aliphatic heterocycles. The summed E-state index contributed by atoms with van der Waals surface area (Å²) in [6.07, 6.45) is 2.42. The van der Waals surface area contributed by atoms with Gasteiger partial charge in [0.2, 0.25) is 5.91 Å². The number of amides is 1. The molecule has 1 atom stereocenters. The number of aromatic nitrogens is 1. The van der Waals surface area contributed by atoms with Crippen molar-refractivity contribution in [2.24, 2.45) is 7.05 Å². The summed E-state index contributed by atoms with van der Waals surface area (Å²) in [6.45, 7) is 6.42. The third kappa shape index (κ3) is 5.34. The average Bonchev–Trinajstić information content (AvgIpc) is 3.10. The predicted molar refractivity (Wildman–Crippen MR) is 105 cm³/mol.